The first-order chi connectivity index (χ1) is 39.5. The van der Waals surface area contributed by atoms with Gasteiger partial charge < -0.3 is 0 Å². The van der Waals surface area contributed by atoms with E-state index >= 15 is 0 Å². The molecule has 0 spiro atoms. The van der Waals surface area contributed by atoms with Crippen molar-refractivity contribution in [2.24, 2.45) is 0 Å². The van der Waals surface area contributed by atoms with E-state index in [9.17, 15) is 0 Å². The number of aryl methyl sites for hydroxylation is 12. The van der Waals surface area contributed by atoms with E-state index in [-0.39, 0.29) is 0 Å². The quantitative estimate of drug-likeness (QED) is 0.145. The number of rotatable bonds is 0. The molecule has 0 saturated heterocycles. The summed E-state index contributed by atoms with van der Waals surface area (Å²) < 4.78 is 0. The Morgan fingerprint density at radius 2 is 0.675 bits per heavy atom. The van der Waals surface area contributed by atoms with Gasteiger partial charge in [0.05, 0.1) is 56.9 Å². The highest BCUT2D eigenvalue weighted by Gasteiger charge is 2.29. The van der Waals surface area contributed by atoms with Gasteiger partial charge in [-0.15, -0.1) is 0 Å². The molecule has 0 saturated carbocycles. The van der Waals surface area contributed by atoms with Gasteiger partial charge in [-0.3, -0.25) is 49.8 Å². The second-order valence-corrected chi connectivity index (χ2v) is 23.9. The summed E-state index contributed by atoms with van der Waals surface area (Å²) in [6.45, 7) is 38.0. The fourth-order valence-electron chi connectivity index (χ4n) is 12.3. The summed E-state index contributed by atoms with van der Waals surface area (Å²) in [5, 5.41) is 0. The molecule has 10 heteroatoms. The van der Waals surface area contributed by atoms with Crippen molar-refractivity contribution in [3.05, 3.63) is 231 Å². The second kappa shape index (κ2) is 22.0. The Hall–Kier alpha value is -8.50. The molecule has 5 aliphatic carbocycles. The average Bonchev–Trinajstić information content (AvgIpc) is 3.51. The van der Waals surface area contributed by atoms with Crippen LogP contribution in [0.3, 0.4) is 0 Å². The zero-order valence-electron chi connectivity index (χ0n) is 51.9. The van der Waals surface area contributed by atoms with Gasteiger partial charge in [-0.25, -0.2) is 0 Å². The Morgan fingerprint density at radius 1 is 0.289 bits per heavy atom. The maximum atomic E-state index is 4.78. The summed E-state index contributed by atoms with van der Waals surface area (Å²) in [6.07, 6.45) is 10.4. The van der Waals surface area contributed by atoms with Gasteiger partial charge in [0.2, 0.25) is 0 Å². The lowest BCUT2D eigenvalue weighted by Gasteiger charge is -2.10. The van der Waals surface area contributed by atoms with Gasteiger partial charge in [0, 0.05) is 118 Å². The smallest absolute Gasteiger partial charge is 0.0765 e. The zero-order chi connectivity index (χ0) is 59.0. The van der Waals surface area contributed by atoms with Gasteiger partial charge in [-0.1, -0.05) is 12.1 Å². The highest BCUT2D eigenvalue weighted by molar-refractivity contribution is 5.78. The summed E-state index contributed by atoms with van der Waals surface area (Å²) in [5.41, 5.74) is 46.6. The van der Waals surface area contributed by atoms with Crippen LogP contribution >= 0.6 is 0 Å². The van der Waals surface area contributed by atoms with E-state index in [2.05, 4.69) is 195 Å². The molecule has 0 unspecified atom stereocenters. The monoisotopic (exact) mass is 1090 g/mol. The number of hydrogen-bond donors (Lipinski definition) is 0. The van der Waals surface area contributed by atoms with Crippen LogP contribution in [-0.4, -0.2) is 49.8 Å². The zero-order valence-corrected chi connectivity index (χ0v) is 51.9. The molecule has 10 heterocycles. The molecule has 0 aliphatic heterocycles. The van der Waals surface area contributed by atoms with Gasteiger partial charge in [0.15, 0.2) is 0 Å². The van der Waals surface area contributed by atoms with E-state index in [1.807, 2.05) is 32.4 Å². The van der Waals surface area contributed by atoms with Crippen molar-refractivity contribution in [3.8, 4) is 56.3 Å². The molecule has 83 heavy (non-hydrogen) atoms. The molecule has 0 aromatic carbocycles. The van der Waals surface area contributed by atoms with Crippen LogP contribution in [0.2, 0.25) is 0 Å². The molecule has 0 fully saturated rings. The maximum absolute atomic E-state index is 4.78. The normalized spacial score (nSPS) is 12.5. The summed E-state index contributed by atoms with van der Waals surface area (Å²) in [4.78, 5) is 46.4. The van der Waals surface area contributed by atoms with Crippen LogP contribution in [-0.2, 0) is 32.1 Å². The number of hydrogen-bond acceptors (Lipinski definition) is 10. The Bertz CT molecular complexity index is 4340. The third-order valence-corrected chi connectivity index (χ3v) is 18.1. The number of fused-ring (bicyclic) bond motifs is 15. The van der Waals surface area contributed by atoms with Crippen molar-refractivity contribution < 1.29 is 0 Å². The molecule has 0 radical (unpaired) electrons. The summed E-state index contributed by atoms with van der Waals surface area (Å²) in [5.74, 6) is 0. The number of pyridine rings is 10. The third kappa shape index (κ3) is 10.5. The van der Waals surface area contributed by atoms with E-state index in [0.29, 0.717) is 0 Å². The first-order valence-electron chi connectivity index (χ1n) is 29.2. The van der Waals surface area contributed by atoms with E-state index in [1.165, 1.54) is 140 Å². The molecular formula is C73H76N10. The van der Waals surface area contributed by atoms with Crippen molar-refractivity contribution in [1.29, 1.82) is 0 Å². The standard InChI is InChI=1S/3C15H16N2.2C14H14N2/c1-8-5-13-14(16-7-8)6-12-10(3)9(2)11(4)17-15(12)13;1-8-5-6-16-13-7-12-10(3)9(2)11(4)17-15(12)14(8)13;1-8-5-6-12-14(16-8)7-13-10(3)9(2)11(4)17-15(12)13;1-8-4-12-13(15-7-8)6-11-5-9(2)10(3)16-14(11)12;1-8-6-11-7-13-12(5-4-9(2)15-13)14(11)16-10(8)3/h5,7H,6H2,1-4H3;2*5-6H,7H2,1-4H3;4-5,7H,6H2,1-3H3;4-6H,7H2,1-3H3. The van der Waals surface area contributed by atoms with Crippen LogP contribution in [0.25, 0.3) is 56.3 Å². The molecular weight excluding hydrogens is 1020 g/mol. The van der Waals surface area contributed by atoms with Crippen LogP contribution in [0.4, 0.5) is 0 Å². The van der Waals surface area contributed by atoms with Gasteiger partial charge in [-0.05, 0) is 256 Å². The van der Waals surface area contributed by atoms with Crippen LogP contribution in [0, 0.1) is 125 Å². The largest absolute Gasteiger partial charge is 0.260 e. The molecule has 5 aliphatic rings. The van der Waals surface area contributed by atoms with Crippen molar-refractivity contribution in [1.82, 2.24) is 49.8 Å². The van der Waals surface area contributed by atoms with Crippen LogP contribution in [0.1, 0.15) is 157 Å². The summed E-state index contributed by atoms with van der Waals surface area (Å²) in [7, 11) is 0. The lowest BCUT2D eigenvalue weighted by atomic mass is 10.0. The minimum absolute atomic E-state index is 0.930. The first-order valence-corrected chi connectivity index (χ1v) is 29.2. The predicted octanol–water partition coefficient (Wildman–Crippen LogP) is 15.8. The molecule has 10 aromatic rings. The predicted molar refractivity (Wildman–Crippen MR) is 337 cm³/mol. The lowest BCUT2D eigenvalue weighted by Crippen LogP contribution is -1.98. The SMILES string of the molecule is Cc1ccc2c(n1)Cc1c-2nc(C)c(C)c1C.Cc1ccc2c(n1)Cc1cc(C)c(C)nc1-2.Cc1ccnc2c1-c1nc(C)c(C)c(C)c1C2.Cc1cnc2c(c1)-c1nc(C)c(C)c(C)c1C2.Cc1cnc2c(c1)-c1nc(C)c(C)cc1C2. The minimum Gasteiger partial charge on any atom is -0.260 e. The van der Waals surface area contributed by atoms with Gasteiger partial charge >= 0.3 is 0 Å². The third-order valence-electron chi connectivity index (χ3n) is 18.1. The van der Waals surface area contributed by atoms with Gasteiger partial charge in [0.1, 0.15) is 0 Å². The summed E-state index contributed by atoms with van der Waals surface area (Å²) in [6, 6.07) is 19.4. The van der Waals surface area contributed by atoms with Crippen molar-refractivity contribution >= 4 is 0 Å². The van der Waals surface area contributed by atoms with Crippen LogP contribution < -0.4 is 0 Å². The fraction of sp³-hybridized carbons (Fsp3) is 0.315. The molecule has 10 aromatic heterocycles. The van der Waals surface area contributed by atoms with Crippen LogP contribution in [0.15, 0.2) is 73.2 Å². The van der Waals surface area contributed by atoms with Crippen molar-refractivity contribution in [3.63, 3.8) is 0 Å². The molecule has 0 N–H and O–H groups in total. The van der Waals surface area contributed by atoms with E-state index < -0.39 is 0 Å². The van der Waals surface area contributed by atoms with Crippen LogP contribution in [0.5, 0.6) is 0 Å². The first kappa shape index (κ1) is 56.4. The molecule has 15 rings (SSSR count). The molecule has 418 valence electrons. The topological polar surface area (TPSA) is 129 Å². The fourth-order valence-corrected chi connectivity index (χ4v) is 12.3. The van der Waals surface area contributed by atoms with E-state index in [0.717, 1.165) is 106 Å². The molecule has 0 amide bonds. The highest BCUT2D eigenvalue weighted by Crippen LogP contribution is 2.42. The van der Waals surface area contributed by atoms with Gasteiger partial charge in [0.25, 0.3) is 0 Å². The van der Waals surface area contributed by atoms with Gasteiger partial charge in [-0.2, -0.15) is 0 Å². The number of nitrogens with zero attached hydrogens (tertiary/aromatic N) is 10. The Balaban J connectivity index is 0.000000109. The average molecular weight is 1090 g/mol. The molecule has 0 atom stereocenters. The van der Waals surface area contributed by atoms with E-state index in [1.54, 1.807) is 0 Å². The second-order valence-electron chi connectivity index (χ2n) is 23.9. The van der Waals surface area contributed by atoms with Crippen molar-refractivity contribution in [2.45, 2.75) is 157 Å². The minimum atomic E-state index is 0.930. The number of aromatic nitrogens is 10. The molecule has 0 bridgehead atoms. The highest BCUT2D eigenvalue weighted by atomic mass is 14.8. The Kier molecular flexibility index (Phi) is 14.9. The van der Waals surface area contributed by atoms with E-state index in [4.69, 9.17) is 19.9 Å². The Labute approximate surface area is 491 Å². The van der Waals surface area contributed by atoms with Crippen molar-refractivity contribution in [2.75, 3.05) is 0 Å². The lowest BCUT2D eigenvalue weighted by molar-refractivity contribution is 1.05. The summed E-state index contributed by atoms with van der Waals surface area (Å²) >= 11 is 0. The molecule has 10 nitrogen and oxygen atoms in total. The Morgan fingerprint density at radius 3 is 1.20 bits per heavy atom. The maximum Gasteiger partial charge on any atom is 0.0765 e.